The average molecular weight is 234 g/mol. The summed E-state index contributed by atoms with van der Waals surface area (Å²) in [7, 11) is 1.62. The molecule has 0 radical (unpaired) electrons. The number of nitrogens with two attached hydrogens (primary N) is 1. The molecule has 1 saturated carbocycles. The second-order valence-electron chi connectivity index (χ2n) is 5.22. The first-order valence-electron chi connectivity index (χ1n) is 6.04. The number of aromatic nitrogens is 2. The first-order chi connectivity index (χ1) is 8.10. The van der Waals surface area contributed by atoms with Gasteiger partial charge in [-0.15, -0.1) is 0 Å². The largest absolute Gasteiger partial charge is 0.481 e. The van der Waals surface area contributed by atoms with Crippen LogP contribution >= 0.6 is 0 Å². The van der Waals surface area contributed by atoms with Crippen molar-refractivity contribution >= 4 is 5.95 Å². The summed E-state index contributed by atoms with van der Waals surface area (Å²) in [6.45, 7) is 3.68. The number of aryl methyl sites for hydroxylation is 1. The molecule has 0 atom stereocenters. The van der Waals surface area contributed by atoms with Crippen molar-refractivity contribution in [3.63, 3.8) is 0 Å². The second-order valence-corrected chi connectivity index (χ2v) is 5.22. The average Bonchev–Trinajstić information content (AvgIpc) is 3.07. The summed E-state index contributed by atoms with van der Waals surface area (Å²) in [5, 5.41) is 0. The molecule has 0 bridgehead atoms. The van der Waals surface area contributed by atoms with E-state index in [1.807, 2.05) is 13.0 Å². The molecule has 5 nitrogen and oxygen atoms in total. The van der Waals surface area contributed by atoms with Gasteiger partial charge in [-0.1, -0.05) is 0 Å². The molecular weight excluding hydrogens is 216 g/mol. The number of anilines is 1. The summed E-state index contributed by atoms with van der Waals surface area (Å²) in [6.07, 6.45) is 2.56. The molecular formula is C12H18N4O. The lowest BCUT2D eigenvalue weighted by Crippen LogP contribution is -2.69. The van der Waals surface area contributed by atoms with Gasteiger partial charge in [0.1, 0.15) is 0 Å². The van der Waals surface area contributed by atoms with Crippen LogP contribution in [0.3, 0.4) is 0 Å². The van der Waals surface area contributed by atoms with Crippen LogP contribution < -0.4 is 15.4 Å². The smallest absolute Gasteiger partial charge is 0.228 e. The van der Waals surface area contributed by atoms with E-state index in [1.165, 1.54) is 12.8 Å². The monoisotopic (exact) mass is 234 g/mol. The minimum absolute atomic E-state index is 0.000339. The van der Waals surface area contributed by atoms with Crippen molar-refractivity contribution in [3.05, 3.63) is 11.8 Å². The number of rotatable bonds is 3. The molecule has 1 aliphatic carbocycles. The first-order valence-corrected chi connectivity index (χ1v) is 6.04. The molecule has 3 rings (SSSR count). The van der Waals surface area contributed by atoms with Gasteiger partial charge in [-0.25, -0.2) is 4.98 Å². The highest BCUT2D eigenvalue weighted by Gasteiger charge is 2.51. The lowest BCUT2D eigenvalue weighted by Gasteiger charge is -2.48. The minimum atomic E-state index is 0.000339. The van der Waals surface area contributed by atoms with Crippen molar-refractivity contribution in [3.8, 4) is 5.88 Å². The van der Waals surface area contributed by atoms with Gasteiger partial charge < -0.3 is 15.4 Å². The summed E-state index contributed by atoms with van der Waals surface area (Å²) >= 11 is 0. The number of nitrogens with zero attached hydrogens (tertiary/aromatic N) is 3. The molecule has 2 heterocycles. The molecule has 17 heavy (non-hydrogen) atoms. The van der Waals surface area contributed by atoms with Crippen molar-refractivity contribution < 1.29 is 4.74 Å². The fourth-order valence-electron chi connectivity index (χ4n) is 2.49. The van der Waals surface area contributed by atoms with E-state index in [1.54, 1.807) is 7.11 Å². The number of ether oxygens (including phenoxy) is 1. The van der Waals surface area contributed by atoms with E-state index < -0.39 is 0 Å². The molecule has 1 saturated heterocycles. The Labute approximate surface area is 101 Å². The highest BCUT2D eigenvalue weighted by Crippen LogP contribution is 2.43. The third-order valence-electron chi connectivity index (χ3n) is 3.67. The van der Waals surface area contributed by atoms with Crippen molar-refractivity contribution in [1.82, 2.24) is 9.97 Å². The Balaban J connectivity index is 1.75. The lowest BCUT2D eigenvalue weighted by molar-refractivity contribution is 0.286. The fraction of sp³-hybridized carbons (Fsp3) is 0.667. The van der Waals surface area contributed by atoms with Crippen LogP contribution in [-0.4, -0.2) is 35.7 Å². The van der Waals surface area contributed by atoms with Gasteiger partial charge in [0.15, 0.2) is 0 Å². The first kappa shape index (κ1) is 10.8. The van der Waals surface area contributed by atoms with E-state index >= 15 is 0 Å². The lowest BCUT2D eigenvalue weighted by atomic mass is 9.86. The van der Waals surface area contributed by atoms with Crippen LogP contribution in [0.2, 0.25) is 0 Å². The van der Waals surface area contributed by atoms with E-state index in [-0.39, 0.29) is 5.54 Å². The van der Waals surface area contributed by atoms with Gasteiger partial charge in [-0.05, 0) is 25.7 Å². The zero-order chi connectivity index (χ0) is 12.0. The molecule has 1 aromatic rings. The van der Waals surface area contributed by atoms with Crippen LogP contribution in [0.5, 0.6) is 5.88 Å². The highest BCUT2D eigenvalue weighted by atomic mass is 16.5. The highest BCUT2D eigenvalue weighted by molar-refractivity contribution is 5.41. The number of methoxy groups -OCH3 is 1. The topological polar surface area (TPSA) is 64.3 Å². The molecule has 2 fully saturated rings. The third-order valence-corrected chi connectivity index (χ3v) is 3.67. The maximum absolute atomic E-state index is 6.32. The van der Waals surface area contributed by atoms with Gasteiger partial charge >= 0.3 is 0 Å². The van der Waals surface area contributed by atoms with Crippen LogP contribution in [0.25, 0.3) is 0 Å². The predicted molar refractivity (Wildman–Crippen MR) is 65.2 cm³/mol. The van der Waals surface area contributed by atoms with E-state index in [0.717, 1.165) is 24.7 Å². The van der Waals surface area contributed by atoms with Crippen LogP contribution in [-0.2, 0) is 0 Å². The number of hydrogen-bond donors (Lipinski definition) is 1. The Bertz CT molecular complexity index is 438. The van der Waals surface area contributed by atoms with Crippen LogP contribution in [0, 0.1) is 12.8 Å². The van der Waals surface area contributed by atoms with E-state index in [2.05, 4.69) is 14.9 Å². The molecule has 0 unspecified atom stereocenters. The molecule has 0 amide bonds. The molecule has 5 heteroatoms. The van der Waals surface area contributed by atoms with Gasteiger partial charge in [-0.3, -0.25) is 0 Å². The van der Waals surface area contributed by atoms with Crippen molar-refractivity contribution in [1.29, 1.82) is 0 Å². The van der Waals surface area contributed by atoms with Gasteiger partial charge in [0.2, 0.25) is 11.8 Å². The van der Waals surface area contributed by atoms with E-state index in [4.69, 9.17) is 10.5 Å². The molecule has 2 N–H and O–H groups in total. The molecule has 0 spiro atoms. The van der Waals surface area contributed by atoms with Crippen LogP contribution in [0.15, 0.2) is 6.07 Å². The quantitative estimate of drug-likeness (QED) is 0.835. The van der Waals surface area contributed by atoms with E-state index in [9.17, 15) is 0 Å². The summed E-state index contributed by atoms with van der Waals surface area (Å²) in [5.41, 5.74) is 7.24. The van der Waals surface area contributed by atoms with Gasteiger partial charge in [0, 0.05) is 24.8 Å². The number of hydrogen-bond acceptors (Lipinski definition) is 5. The maximum atomic E-state index is 6.32. The Morgan fingerprint density at radius 1 is 1.41 bits per heavy atom. The minimum Gasteiger partial charge on any atom is -0.481 e. The van der Waals surface area contributed by atoms with Crippen LogP contribution in [0.1, 0.15) is 18.5 Å². The summed E-state index contributed by atoms with van der Waals surface area (Å²) in [6, 6.07) is 1.83. The third kappa shape index (κ3) is 1.84. The normalized spacial score (nSPS) is 22.2. The SMILES string of the molecule is COc1cc(C)nc(N2CC(N)(C3CC3)C2)n1. The maximum Gasteiger partial charge on any atom is 0.228 e. The van der Waals surface area contributed by atoms with Crippen LogP contribution in [0.4, 0.5) is 5.95 Å². The van der Waals surface area contributed by atoms with Crippen molar-refractivity contribution in [2.24, 2.45) is 11.7 Å². The van der Waals surface area contributed by atoms with Crippen molar-refractivity contribution in [2.75, 3.05) is 25.1 Å². The van der Waals surface area contributed by atoms with Gasteiger partial charge in [-0.2, -0.15) is 4.98 Å². The van der Waals surface area contributed by atoms with Crippen molar-refractivity contribution in [2.45, 2.75) is 25.3 Å². The van der Waals surface area contributed by atoms with Gasteiger partial charge in [0.05, 0.1) is 12.6 Å². The summed E-state index contributed by atoms with van der Waals surface area (Å²) in [4.78, 5) is 10.9. The fourth-order valence-corrected chi connectivity index (χ4v) is 2.49. The molecule has 1 aliphatic heterocycles. The summed E-state index contributed by atoms with van der Waals surface area (Å²) in [5.74, 6) is 2.07. The van der Waals surface area contributed by atoms with Gasteiger partial charge in [0.25, 0.3) is 0 Å². The predicted octanol–water partition coefficient (Wildman–Crippen LogP) is 0.721. The Morgan fingerprint density at radius 2 is 2.12 bits per heavy atom. The molecule has 2 aliphatic rings. The van der Waals surface area contributed by atoms with E-state index in [0.29, 0.717) is 11.8 Å². The Morgan fingerprint density at radius 3 is 2.71 bits per heavy atom. The molecule has 92 valence electrons. The Kier molecular flexibility index (Phi) is 2.26. The molecule has 0 aromatic carbocycles. The second kappa shape index (κ2) is 3.57. The standard InChI is InChI=1S/C12H18N4O/c1-8-5-10(17-2)15-11(14-8)16-6-12(13,7-16)9-3-4-9/h5,9H,3-4,6-7,13H2,1-2H3. The Hall–Kier alpha value is -1.36. The summed E-state index contributed by atoms with van der Waals surface area (Å²) < 4.78 is 5.16. The zero-order valence-corrected chi connectivity index (χ0v) is 10.3. The molecule has 1 aromatic heterocycles. The zero-order valence-electron chi connectivity index (χ0n) is 10.3.